The van der Waals surface area contributed by atoms with Crippen molar-refractivity contribution in [3.8, 4) is 0 Å². The maximum atomic E-state index is 12.2. The van der Waals surface area contributed by atoms with Gasteiger partial charge in [0.1, 0.15) is 6.61 Å². The Hall–Kier alpha value is -0.650. The largest absolute Gasteiger partial charge is 0.370 e. The Labute approximate surface area is 148 Å². The van der Waals surface area contributed by atoms with Crippen LogP contribution < -0.4 is 0 Å². The van der Waals surface area contributed by atoms with Crippen molar-refractivity contribution in [3.63, 3.8) is 0 Å². The van der Waals surface area contributed by atoms with Gasteiger partial charge in [-0.15, -0.1) is 0 Å². The zero-order chi connectivity index (χ0) is 17.5. The van der Waals surface area contributed by atoms with E-state index in [1.165, 1.54) is 0 Å². The third-order valence-electron chi connectivity index (χ3n) is 5.75. The number of carbonyl (C=O) groups is 1. The second-order valence-corrected chi connectivity index (χ2v) is 7.99. The molecule has 2 heterocycles. The van der Waals surface area contributed by atoms with E-state index >= 15 is 0 Å². The Balaban J connectivity index is 1.54. The fourth-order valence-electron chi connectivity index (χ4n) is 3.76. The molecule has 5 heteroatoms. The molecule has 2 fully saturated rings. The second kappa shape index (κ2) is 9.73. The van der Waals surface area contributed by atoms with Crippen molar-refractivity contribution >= 4 is 5.91 Å². The fourth-order valence-corrected chi connectivity index (χ4v) is 3.76. The van der Waals surface area contributed by atoms with Crippen LogP contribution in [0.4, 0.5) is 0 Å². The lowest BCUT2D eigenvalue weighted by molar-refractivity contribution is -0.137. The van der Waals surface area contributed by atoms with Gasteiger partial charge in [-0.05, 0) is 38.5 Å². The molecule has 0 aromatic carbocycles. The van der Waals surface area contributed by atoms with Crippen molar-refractivity contribution in [2.75, 3.05) is 59.0 Å². The van der Waals surface area contributed by atoms with Crippen LogP contribution in [0, 0.1) is 11.8 Å². The summed E-state index contributed by atoms with van der Waals surface area (Å²) in [5.74, 6) is 1.68. The molecular weight excluding hydrogens is 302 g/mol. The molecular formula is C19H37N3O2. The van der Waals surface area contributed by atoms with Crippen molar-refractivity contribution < 1.29 is 9.53 Å². The van der Waals surface area contributed by atoms with Gasteiger partial charge < -0.3 is 9.64 Å². The van der Waals surface area contributed by atoms with Crippen LogP contribution in [-0.4, -0.2) is 85.7 Å². The smallest absolute Gasteiger partial charge is 0.248 e. The van der Waals surface area contributed by atoms with E-state index in [2.05, 4.69) is 37.5 Å². The average Bonchev–Trinajstić information content (AvgIpc) is 2.59. The molecule has 2 saturated heterocycles. The number of carbonyl (C=O) groups excluding carboxylic acids is 1. The van der Waals surface area contributed by atoms with E-state index in [1.54, 1.807) is 0 Å². The second-order valence-electron chi connectivity index (χ2n) is 7.99. The van der Waals surface area contributed by atoms with E-state index in [-0.39, 0.29) is 12.5 Å². The zero-order valence-corrected chi connectivity index (χ0v) is 16.2. The van der Waals surface area contributed by atoms with Crippen molar-refractivity contribution in [1.29, 1.82) is 0 Å². The first-order chi connectivity index (χ1) is 11.5. The molecule has 0 atom stereocenters. The molecule has 5 nitrogen and oxygen atoms in total. The Bertz CT molecular complexity index is 371. The first kappa shape index (κ1) is 19.7. The normalized spacial score (nSPS) is 21.8. The maximum absolute atomic E-state index is 12.2. The monoisotopic (exact) mass is 339 g/mol. The molecule has 0 aromatic heterocycles. The fraction of sp³-hybridized carbons (Fsp3) is 0.947. The van der Waals surface area contributed by atoms with Gasteiger partial charge in [-0.2, -0.15) is 0 Å². The lowest BCUT2D eigenvalue weighted by Gasteiger charge is -2.36. The lowest BCUT2D eigenvalue weighted by atomic mass is 9.87. The number of likely N-dealkylation sites (tertiary alicyclic amines) is 1. The van der Waals surface area contributed by atoms with Crippen LogP contribution in [-0.2, 0) is 9.53 Å². The Morgan fingerprint density at radius 3 is 2.17 bits per heavy atom. The number of piperidine rings is 1. The highest BCUT2D eigenvalue weighted by Crippen LogP contribution is 2.24. The molecule has 0 aromatic rings. The van der Waals surface area contributed by atoms with Crippen LogP contribution in [0.1, 0.15) is 40.5 Å². The highest BCUT2D eigenvalue weighted by atomic mass is 16.5. The predicted molar refractivity (Wildman–Crippen MR) is 98.1 cm³/mol. The van der Waals surface area contributed by atoms with Crippen LogP contribution in [0.25, 0.3) is 0 Å². The van der Waals surface area contributed by atoms with E-state index in [0.29, 0.717) is 12.6 Å². The van der Waals surface area contributed by atoms with Crippen LogP contribution >= 0.6 is 0 Å². The number of hydrogen-bond donors (Lipinski definition) is 0. The van der Waals surface area contributed by atoms with Gasteiger partial charge in [0.05, 0.1) is 6.61 Å². The van der Waals surface area contributed by atoms with Gasteiger partial charge in [-0.1, -0.05) is 13.8 Å². The number of nitrogens with zero attached hydrogens (tertiary/aromatic N) is 3. The first-order valence-electron chi connectivity index (χ1n) is 9.79. The highest BCUT2D eigenvalue weighted by Gasteiger charge is 2.24. The van der Waals surface area contributed by atoms with Gasteiger partial charge in [0.25, 0.3) is 0 Å². The van der Waals surface area contributed by atoms with E-state index in [0.717, 1.165) is 70.5 Å². The third-order valence-corrected chi connectivity index (χ3v) is 5.75. The van der Waals surface area contributed by atoms with Crippen molar-refractivity contribution in [1.82, 2.24) is 14.7 Å². The van der Waals surface area contributed by atoms with E-state index in [4.69, 9.17) is 4.74 Å². The highest BCUT2D eigenvalue weighted by molar-refractivity contribution is 5.77. The van der Waals surface area contributed by atoms with Crippen molar-refractivity contribution in [2.24, 2.45) is 11.8 Å². The van der Waals surface area contributed by atoms with Gasteiger partial charge in [0, 0.05) is 51.9 Å². The topological polar surface area (TPSA) is 36.0 Å². The lowest BCUT2D eigenvalue weighted by Crippen LogP contribution is -2.49. The van der Waals surface area contributed by atoms with E-state index < -0.39 is 0 Å². The minimum atomic E-state index is 0.168. The molecule has 2 aliphatic heterocycles. The molecule has 2 aliphatic rings. The summed E-state index contributed by atoms with van der Waals surface area (Å²) in [6.45, 7) is 17.2. The van der Waals surface area contributed by atoms with Crippen LogP contribution in [0.2, 0.25) is 0 Å². The summed E-state index contributed by atoms with van der Waals surface area (Å²) in [4.78, 5) is 19.2. The summed E-state index contributed by atoms with van der Waals surface area (Å²) >= 11 is 0. The van der Waals surface area contributed by atoms with Crippen LogP contribution in [0.3, 0.4) is 0 Å². The van der Waals surface area contributed by atoms with Gasteiger partial charge in [-0.3, -0.25) is 14.6 Å². The van der Waals surface area contributed by atoms with Gasteiger partial charge in [-0.25, -0.2) is 0 Å². The minimum absolute atomic E-state index is 0.168. The van der Waals surface area contributed by atoms with Crippen LogP contribution in [0.15, 0.2) is 0 Å². The molecule has 0 unspecified atom stereocenters. The van der Waals surface area contributed by atoms with Crippen molar-refractivity contribution in [2.45, 2.75) is 46.6 Å². The molecule has 0 spiro atoms. The quantitative estimate of drug-likeness (QED) is 0.664. The average molecular weight is 340 g/mol. The molecule has 0 radical (unpaired) electrons. The van der Waals surface area contributed by atoms with Gasteiger partial charge in [0.2, 0.25) is 5.91 Å². The van der Waals surface area contributed by atoms with Crippen LogP contribution in [0.5, 0.6) is 0 Å². The van der Waals surface area contributed by atoms with Gasteiger partial charge >= 0.3 is 0 Å². The third kappa shape index (κ3) is 6.01. The summed E-state index contributed by atoms with van der Waals surface area (Å²) in [6.07, 6.45) is 2.28. The number of rotatable bonds is 7. The predicted octanol–water partition coefficient (Wildman–Crippen LogP) is 1.92. The summed E-state index contributed by atoms with van der Waals surface area (Å²) in [6, 6.07) is 0.640. The molecule has 2 rings (SSSR count). The summed E-state index contributed by atoms with van der Waals surface area (Å²) in [5.41, 5.74) is 0. The molecule has 0 aliphatic carbocycles. The van der Waals surface area contributed by atoms with Crippen molar-refractivity contribution in [3.05, 3.63) is 0 Å². The molecule has 24 heavy (non-hydrogen) atoms. The van der Waals surface area contributed by atoms with E-state index in [9.17, 15) is 4.79 Å². The van der Waals surface area contributed by atoms with Gasteiger partial charge in [0.15, 0.2) is 0 Å². The Kier molecular flexibility index (Phi) is 7.98. The number of amides is 1. The Morgan fingerprint density at radius 1 is 1.00 bits per heavy atom. The maximum Gasteiger partial charge on any atom is 0.248 e. The molecule has 0 bridgehead atoms. The summed E-state index contributed by atoms with van der Waals surface area (Å²) in [5, 5.41) is 0. The number of hydrogen-bond acceptors (Lipinski definition) is 4. The molecule has 1 amide bonds. The SMILES string of the molecule is CC(C)C1CCN(C(=O)COCCN2CCN(C(C)C)CC2)CC1. The number of ether oxygens (including phenoxy) is 1. The summed E-state index contributed by atoms with van der Waals surface area (Å²) in [7, 11) is 0. The minimum Gasteiger partial charge on any atom is -0.370 e. The summed E-state index contributed by atoms with van der Waals surface area (Å²) < 4.78 is 5.65. The molecule has 140 valence electrons. The molecule has 0 N–H and O–H groups in total. The molecule has 0 saturated carbocycles. The number of piperazine rings is 1. The first-order valence-corrected chi connectivity index (χ1v) is 9.79. The zero-order valence-electron chi connectivity index (χ0n) is 16.2. The Morgan fingerprint density at radius 2 is 1.62 bits per heavy atom. The van der Waals surface area contributed by atoms with E-state index in [1.807, 2.05) is 4.90 Å². The standard InChI is InChI=1S/C19H37N3O2/c1-16(2)18-5-7-22(8-6-18)19(23)15-24-14-13-20-9-11-21(12-10-20)17(3)4/h16-18H,5-15H2,1-4H3.